The molecule has 0 bridgehead atoms. The molecule has 0 saturated carbocycles. The zero-order chi connectivity index (χ0) is 13.2. The topological polar surface area (TPSA) is 35.5 Å². The fraction of sp³-hybridized carbons (Fsp3) is 0.733. The normalized spacial score (nSPS) is 19.9. The van der Waals surface area contributed by atoms with E-state index in [4.69, 9.17) is 0 Å². The van der Waals surface area contributed by atoms with Gasteiger partial charge >= 0.3 is 0 Å². The van der Waals surface area contributed by atoms with Crippen molar-refractivity contribution in [1.29, 1.82) is 0 Å². The third-order valence-electron chi connectivity index (χ3n) is 3.46. The number of unbranched alkanes of at least 4 members (excludes halogenated alkanes) is 6. The van der Waals surface area contributed by atoms with E-state index in [0.717, 1.165) is 12.8 Å². The largest absolute Gasteiger partial charge is 0.374 e. The van der Waals surface area contributed by atoms with Crippen LogP contribution in [0.3, 0.4) is 0 Å². The minimum Gasteiger partial charge on any atom is -0.374 e. The fourth-order valence-electron chi connectivity index (χ4n) is 2.38. The van der Waals surface area contributed by atoms with Gasteiger partial charge in [-0.25, -0.2) is 0 Å². The molecule has 0 aliphatic carbocycles. The van der Waals surface area contributed by atoms with E-state index in [2.05, 4.69) is 11.9 Å². The molecule has 0 aromatic carbocycles. The van der Waals surface area contributed by atoms with E-state index in [-0.39, 0.29) is 6.17 Å². The van der Waals surface area contributed by atoms with Crippen LogP contribution in [0.5, 0.6) is 0 Å². The van der Waals surface area contributed by atoms with Gasteiger partial charge in [-0.2, -0.15) is 0 Å². The van der Waals surface area contributed by atoms with Gasteiger partial charge in [0.2, 0.25) is 0 Å². The highest BCUT2D eigenvalue weighted by atomic mass is 16.3. The Hall–Kier alpha value is -0.960. The molecule has 1 aliphatic heterocycles. The highest BCUT2D eigenvalue weighted by molar-refractivity contribution is 4.94. The number of aliphatic hydroxyl groups is 1. The molecule has 1 rings (SSSR count). The second-order valence-electron chi connectivity index (χ2n) is 5.06. The van der Waals surface area contributed by atoms with Gasteiger partial charge in [-0.15, -0.1) is 6.58 Å². The lowest BCUT2D eigenvalue weighted by molar-refractivity contribution is 0.0254. The van der Waals surface area contributed by atoms with Gasteiger partial charge in [0.05, 0.1) is 0 Å². The van der Waals surface area contributed by atoms with Crippen LogP contribution in [0.2, 0.25) is 0 Å². The van der Waals surface area contributed by atoms with E-state index in [0.29, 0.717) is 0 Å². The van der Waals surface area contributed by atoms with Crippen LogP contribution in [0.25, 0.3) is 0 Å². The Bertz CT molecular complexity index is 251. The molecule has 0 spiro atoms. The highest BCUT2D eigenvalue weighted by Gasteiger charge is 2.20. The summed E-state index contributed by atoms with van der Waals surface area (Å²) in [4.78, 5) is 1.98. The van der Waals surface area contributed by atoms with Crippen LogP contribution in [-0.4, -0.2) is 22.4 Å². The van der Waals surface area contributed by atoms with Crippen LogP contribution in [-0.2, 0) is 0 Å². The molecule has 2 atom stereocenters. The minimum absolute atomic E-state index is 0.283. The van der Waals surface area contributed by atoms with Crippen LogP contribution in [0, 0.1) is 0 Å². The number of nitrogens with zero attached hydrogens (tertiary/aromatic N) is 1. The van der Waals surface area contributed by atoms with Gasteiger partial charge in [0.1, 0.15) is 12.4 Å². The summed E-state index contributed by atoms with van der Waals surface area (Å²) in [6.07, 6.45) is 15.8. The number of hydrogen-bond donors (Lipinski definition) is 2. The summed E-state index contributed by atoms with van der Waals surface area (Å²) in [6, 6.07) is 0. The minimum atomic E-state index is -0.403. The first-order chi connectivity index (χ1) is 8.75. The van der Waals surface area contributed by atoms with Gasteiger partial charge in [-0.1, -0.05) is 31.8 Å². The van der Waals surface area contributed by atoms with Gasteiger partial charge in [0, 0.05) is 12.4 Å². The van der Waals surface area contributed by atoms with Gasteiger partial charge < -0.3 is 15.3 Å². The van der Waals surface area contributed by atoms with E-state index in [1.165, 1.54) is 38.5 Å². The third kappa shape index (κ3) is 5.58. The van der Waals surface area contributed by atoms with Crippen molar-refractivity contribution in [2.45, 2.75) is 70.7 Å². The van der Waals surface area contributed by atoms with Crippen LogP contribution < -0.4 is 5.32 Å². The molecule has 2 unspecified atom stereocenters. The SMILES string of the molecule is C=CCCCCCCCCC1NC=CN1C(C)O. The molecule has 3 heteroatoms. The smallest absolute Gasteiger partial charge is 0.125 e. The quantitative estimate of drug-likeness (QED) is 0.462. The van der Waals surface area contributed by atoms with Gasteiger partial charge in [-0.3, -0.25) is 0 Å². The third-order valence-corrected chi connectivity index (χ3v) is 3.46. The summed E-state index contributed by atoms with van der Waals surface area (Å²) < 4.78 is 0. The molecule has 0 amide bonds. The maximum absolute atomic E-state index is 9.57. The second kappa shape index (κ2) is 9.03. The predicted molar refractivity (Wildman–Crippen MR) is 76.7 cm³/mol. The predicted octanol–water partition coefficient (Wildman–Crippen LogP) is 3.33. The van der Waals surface area contributed by atoms with Crippen molar-refractivity contribution < 1.29 is 5.11 Å². The summed E-state index contributed by atoms with van der Waals surface area (Å²) in [5.41, 5.74) is 0. The first-order valence-electron chi connectivity index (χ1n) is 7.25. The first-order valence-corrected chi connectivity index (χ1v) is 7.25. The van der Waals surface area contributed by atoms with Crippen molar-refractivity contribution in [2.24, 2.45) is 0 Å². The lowest BCUT2D eigenvalue weighted by Crippen LogP contribution is -2.40. The van der Waals surface area contributed by atoms with Crippen molar-refractivity contribution in [3.63, 3.8) is 0 Å². The Kier molecular flexibility index (Phi) is 7.58. The van der Waals surface area contributed by atoms with Gasteiger partial charge in [0.15, 0.2) is 0 Å². The van der Waals surface area contributed by atoms with Crippen molar-refractivity contribution in [1.82, 2.24) is 10.2 Å². The molecule has 3 nitrogen and oxygen atoms in total. The number of aliphatic hydroxyl groups excluding tert-OH is 1. The van der Waals surface area contributed by atoms with Crippen LogP contribution >= 0.6 is 0 Å². The molecule has 0 aromatic rings. The Morgan fingerprint density at radius 3 is 2.61 bits per heavy atom. The Balaban J connectivity index is 1.96. The van der Waals surface area contributed by atoms with Crippen molar-refractivity contribution in [3.8, 4) is 0 Å². The Morgan fingerprint density at radius 2 is 1.94 bits per heavy atom. The molecular formula is C15H28N2O. The first kappa shape index (κ1) is 15.1. The summed E-state index contributed by atoms with van der Waals surface area (Å²) >= 11 is 0. The molecule has 0 aromatic heterocycles. The molecule has 104 valence electrons. The van der Waals surface area contributed by atoms with Crippen molar-refractivity contribution >= 4 is 0 Å². The monoisotopic (exact) mass is 252 g/mol. The van der Waals surface area contributed by atoms with Gasteiger partial charge in [-0.05, 0) is 32.6 Å². The molecule has 0 saturated heterocycles. The van der Waals surface area contributed by atoms with Crippen molar-refractivity contribution in [2.75, 3.05) is 0 Å². The van der Waals surface area contributed by atoms with Crippen LogP contribution in [0.1, 0.15) is 58.3 Å². The zero-order valence-corrected chi connectivity index (χ0v) is 11.6. The average Bonchev–Trinajstić information content (AvgIpc) is 2.81. The van der Waals surface area contributed by atoms with E-state index in [1.807, 2.05) is 30.3 Å². The number of nitrogens with one attached hydrogen (secondary N) is 1. The van der Waals surface area contributed by atoms with Crippen LogP contribution in [0.15, 0.2) is 25.1 Å². The van der Waals surface area contributed by atoms with Crippen LogP contribution in [0.4, 0.5) is 0 Å². The summed E-state index contributed by atoms with van der Waals surface area (Å²) in [5.74, 6) is 0. The number of rotatable bonds is 10. The average molecular weight is 252 g/mol. The lowest BCUT2D eigenvalue weighted by atomic mass is 10.1. The van der Waals surface area contributed by atoms with E-state index >= 15 is 0 Å². The maximum atomic E-state index is 9.57. The van der Waals surface area contributed by atoms with Gasteiger partial charge in [0.25, 0.3) is 0 Å². The van der Waals surface area contributed by atoms with E-state index < -0.39 is 6.23 Å². The molecule has 18 heavy (non-hydrogen) atoms. The van der Waals surface area contributed by atoms with E-state index in [1.54, 1.807) is 0 Å². The maximum Gasteiger partial charge on any atom is 0.125 e. The second-order valence-corrected chi connectivity index (χ2v) is 5.06. The molecule has 0 radical (unpaired) electrons. The Labute approximate surface area is 112 Å². The molecule has 0 fully saturated rings. The summed E-state index contributed by atoms with van der Waals surface area (Å²) in [6.45, 7) is 5.54. The number of hydrogen-bond acceptors (Lipinski definition) is 3. The number of allylic oxidation sites excluding steroid dienone is 1. The molecule has 2 N–H and O–H groups in total. The lowest BCUT2D eigenvalue weighted by Gasteiger charge is -2.28. The molecular weight excluding hydrogens is 224 g/mol. The van der Waals surface area contributed by atoms with Crippen molar-refractivity contribution in [3.05, 3.63) is 25.1 Å². The molecule has 1 aliphatic rings. The Morgan fingerprint density at radius 1 is 1.28 bits per heavy atom. The zero-order valence-electron chi connectivity index (χ0n) is 11.6. The van der Waals surface area contributed by atoms with E-state index in [9.17, 15) is 5.11 Å². The standard InChI is InChI=1S/C15H28N2O/c1-3-4-5-6-7-8-9-10-11-15-16-12-13-17(15)14(2)18/h3,12-16,18H,1,4-11H2,2H3. The fourth-order valence-corrected chi connectivity index (χ4v) is 2.38. The molecule has 1 heterocycles. The summed E-state index contributed by atoms with van der Waals surface area (Å²) in [5, 5.41) is 12.9. The summed E-state index contributed by atoms with van der Waals surface area (Å²) in [7, 11) is 0. The highest BCUT2D eigenvalue weighted by Crippen LogP contribution is 2.16.